The Kier molecular flexibility index (Phi) is 2.33. The van der Waals surface area contributed by atoms with Crippen LogP contribution in [-0.4, -0.2) is 22.0 Å². The van der Waals surface area contributed by atoms with Crippen LogP contribution in [0.1, 0.15) is 5.56 Å². The molecule has 0 radical (unpaired) electrons. The fourth-order valence-electron chi connectivity index (χ4n) is 1.68. The number of aromatic nitrogens is 3. The van der Waals surface area contributed by atoms with Crippen LogP contribution in [-0.2, 0) is 0 Å². The van der Waals surface area contributed by atoms with Crippen molar-refractivity contribution in [3.05, 3.63) is 29.0 Å². The van der Waals surface area contributed by atoms with E-state index in [9.17, 15) is 0 Å². The van der Waals surface area contributed by atoms with Gasteiger partial charge in [0.05, 0.1) is 6.20 Å². The van der Waals surface area contributed by atoms with Crippen LogP contribution in [0.2, 0.25) is 5.15 Å². The van der Waals surface area contributed by atoms with Gasteiger partial charge in [-0.1, -0.05) is 11.6 Å². The maximum absolute atomic E-state index is 5.79. The highest BCUT2D eigenvalue weighted by atomic mass is 35.5. The smallest absolute Gasteiger partial charge is 0.231 e. The van der Waals surface area contributed by atoms with Gasteiger partial charge in [-0.25, -0.2) is 4.98 Å². The molecule has 0 atom stereocenters. The van der Waals surface area contributed by atoms with Crippen LogP contribution in [0.4, 0.5) is 0 Å². The van der Waals surface area contributed by atoms with Crippen molar-refractivity contribution in [1.29, 1.82) is 0 Å². The average molecular weight is 250 g/mol. The molecular weight excluding hydrogens is 242 g/mol. The molecule has 0 amide bonds. The van der Waals surface area contributed by atoms with Crippen molar-refractivity contribution in [1.82, 2.24) is 15.2 Å². The lowest BCUT2D eigenvalue weighted by atomic mass is 10.1. The van der Waals surface area contributed by atoms with Gasteiger partial charge in [0.1, 0.15) is 0 Å². The molecule has 0 saturated heterocycles. The maximum atomic E-state index is 5.79. The van der Waals surface area contributed by atoms with Gasteiger partial charge >= 0.3 is 0 Å². The lowest BCUT2D eigenvalue weighted by Gasteiger charge is -2.05. The molecule has 0 N–H and O–H groups in total. The number of ether oxygens (including phenoxy) is 2. The molecule has 0 bridgehead atoms. The van der Waals surface area contributed by atoms with E-state index in [1.54, 1.807) is 0 Å². The largest absolute Gasteiger partial charge is 0.454 e. The summed E-state index contributed by atoms with van der Waals surface area (Å²) in [5.74, 6) is 1.91. The SMILES string of the molecule is Cc1cc2c(cc1-c1nncc(Cl)n1)OCO2. The van der Waals surface area contributed by atoms with Gasteiger partial charge in [0.2, 0.25) is 6.79 Å². The summed E-state index contributed by atoms with van der Waals surface area (Å²) in [7, 11) is 0. The zero-order chi connectivity index (χ0) is 11.8. The van der Waals surface area contributed by atoms with Gasteiger partial charge in [-0.2, -0.15) is 5.10 Å². The molecule has 3 rings (SSSR count). The Hall–Kier alpha value is -1.88. The van der Waals surface area contributed by atoms with Crippen molar-refractivity contribution in [2.45, 2.75) is 6.92 Å². The first kappa shape index (κ1) is 10.3. The topological polar surface area (TPSA) is 57.1 Å². The molecule has 1 aliphatic rings. The van der Waals surface area contributed by atoms with Crippen LogP contribution in [0.5, 0.6) is 11.5 Å². The summed E-state index contributed by atoms with van der Waals surface area (Å²) in [5.41, 5.74) is 1.82. The molecule has 5 nitrogen and oxygen atoms in total. The second-order valence-corrected chi connectivity index (χ2v) is 4.01. The summed E-state index contributed by atoms with van der Waals surface area (Å²) in [6, 6.07) is 3.73. The summed E-state index contributed by atoms with van der Waals surface area (Å²) in [4.78, 5) is 4.13. The third kappa shape index (κ3) is 1.78. The number of rotatable bonds is 1. The van der Waals surface area contributed by atoms with Gasteiger partial charge < -0.3 is 9.47 Å². The fourth-order valence-corrected chi connectivity index (χ4v) is 1.81. The minimum absolute atomic E-state index is 0.243. The monoisotopic (exact) mass is 249 g/mol. The number of hydrogen-bond acceptors (Lipinski definition) is 5. The average Bonchev–Trinajstić information content (AvgIpc) is 2.75. The van der Waals surface area contributed by atoms with Gasteiger partial charge in [-0.15, -0.1) is 5.10 Å². The number of benzene rings is 1. The van der Waals surface area contributed by atoms with Crippen LogP contribution in [0.25, 0.3) is 11.4 Å². The van der Waals surface area contributed by atoms with Crippen molar-refractivity contribution in [3.63, 3.8) is 0 Å². The van der Waals surface area contributed by atoms with Crippen molar-refractivity contribution in [3.8, 4) is 22.9 Å². The van der Waals surface area contributed by atoms with Gasteiger partial charge in [0.25, 0.3) is 0 Å². The van der Waals surface area contributed by atoms with Crippen LogP contribution >= 0.6 is 11.6 Å². The minimum Gasteiger partial charge on any atom is -0.454 e. The van der Waals surface area contributed by atoms with E-state index in [0.29, 0.717) is 16.7 Å². The van der Waals surface area contributed by atoms with Gasteiger partial charge in [-0.3, -0.25) is 0 Å². The number of nitrogens with zero attached hydrogens (tertiary/aromatic N) is 3. The van der Waals surface area contributed by atoms with Crippen molar-refractivity contribution in [2.24, 2.45) is 0 Å². The Labute approximate surface area is 102 Å². The first-order chi connectivity index (χ1) is 8.24. The predicted octanol–water partition coefficient (Wildman–Crippen LogP) is 2.23. The Balaban J connectivity index is 2.15. The first-order valence-corrected chi connectivity index (χ1v) is 5.37. The highest BCUT2D eigenvalue weighted by Gasteiger charge is 2.17. The first-order valence-electron chi connectivity index (χ1n) is 5.00. The second-order valence-electron chi connectivity index (χ2n) is 3.62. The standard InChI is InChI=1S/C11H8ClN3O2/c1-6-2-8-9(17-5-16-8)3-7(6)11-14-10(12)4-13-15-11/h2-4H,5H2,1H3. The molecule has 0 unspecified atom stereocenters. The van der Waals surface area contributed by atoms with E-state index >= 15 is 0 Å². The molecule has 0 saturated carbocycles. The third-order valence-electron chi connectivity index (χ3n) is 2.49. The molecule has 2 aromatic rings. The molecule has 0 fully saturated rings. The van der Waals surface area contributed by atoms with Crippen molar-refractivity contribution < 1.29 is 9.47 Å². The van der Waals surface area contributed by atoms with Crippen LogP contribution in [0.15, 0.2) is 18.3 Å². The zero-order valence-corrected chi connectivity index (χ0v) is 9.73. The molecule has 0 aliphatic carbocycles. The van der Waals surface area contributed by atoms with E-state index in [-0.39, 0.29) is 6.79 Å². The maximum Gasteiger partial charge on any atom is 0.231 e. The lowest BCUT2D eigenvalue weighted by Crippen LogP contribution is -1.94. The molecule has 6 heteroatoms. The highest BCUT2D eigenvalue weighted by Crippen LogP contribution is 2.37. The lowest BCUT2D eigenvalue weighted by molar-refractivity contribution is 0.174. The van der Waals surface area contributed by atoms with E-state index in [1.807, 2.05) is 19.1 Å². The summed E-state index contributed by atoms with van der Waals surface area (Å²) in [5, 5.41) is 8.05. The molecule has 0 spiro atoms. The molecule has 1 aromatic carbocycles. The van der Waals surface area contributed by atoms with E-state index in [0.717, 1.165) is 16.9 Å². The predicted molar refractivity (Wildman–Crippen MR) is 61.1 cm³/mol. The third-order valence-corrected chi connectivity index (χ3v) is 2.67. The van der Waals surface area contributed by atoms with Crippen LogP contribution in [0, 0.1) is 6.92 Å². The number of halogens is 1. The van der Waals surface area contributed by atoms with Crippen LogP contribution < -0.4 is 9.47 Å². The van der Waals surface area contributed by atoms with E-state index in [1.165, 1.54) is 6.20 Å². The number of fused-ring (bicyclic) bond motifs is 1. The summed E-state index contributed by atoms with van der Waals surface area (Å²) in [6.07, 6.45) is 1.40. The van der Waals surface area contributed by atoms with Gasteiger partial charge in [0.15, 0.2) is 22.5 Å². The molecule has 1 aromatic heterocycles. The Morgan fingerprint density at radius 3 is 2.76 bits per heavy atom. The minimum atomic E-state index is 0.243. The fraction of sp³-hybridized carbons (Fsp3) is 0.182. The number of aryl methyl sites for hydroxylation is 1. The van der Waals surface area contributed by atoms with Crippen molar-refractivity contribution in [2.75, 3.05) is 6.79 Å². The Morgan fingerprint density at radius 1 is 1.24 bits per heavy atom. The quantitative estimate of drug-likeness (QED) is 0.776. The van der Waals surface area contributed by atoms with E-state index < -0.39 is 0 Å². The Bertz CT molecular complexity index is 589. The van der Waals surface area contributed by atoms with Crippen LogP contribution in [0.3, 0.4) is 0 Å². The molecule has 2 heterocycles. The molecule has 86 valence electrons. The van der Waals surface area contributed by atoms with Gasteiger partial charge in [0, 0.05) is 5.56 Å². The number of hydrogen-bond donors (Lipinski definition) is 0. The molecular formula is C11H8ClN3O2. The van der Waals surface area contributed by atoms with Crippen molar-refractivity contribution >= 4 is 11.6 Å². The second kappa shape index (κ2) is 3.85. The summed E-state index contributed by atoms with van der Waals surface area (Å²) < 4.78 is 10.6. The highest BCUT2D eigenvalue weighted by molar-refractivity contribution is 6.29. The Morgan fingerprint density at radius 2 is 2.00 bits per heavy atom. The van der Waals surface area contributed by atoms with E-state index in [2.05, 4.69) is 15.2 Å². The van der Waals surface area contributed by atoms with Gasteiger partial charge in [-0.05, 0) is 24.6 Å². The van der Waals surface area contributed by atoms with E-state index in [4.69, 9.17) is 21.1 Å². The normalized spacial score (nSPS) is 12.8. The summed E-state index contributed by atoms with van der Waals surface area (Å²) in [6.45, 7) is 2.19. The zero-order valence-electron chi connectivity index (χ0n) is 8.98. The molecule has 1 aliphatic heterocycles. The molecule has 17 heavy (non-hydrogen) atoms. The summed E-state index contributed by atoms with van der Waals surface area (Å²) >= 11 is 5.79.